The summed E-state index contributed by atoms with van der Waals surface area (Å²) in [6.45, 7) is 7.64. The van der Waals surface area contributed by atoms with E-state index in [1.165, 1.54) is 244 Å². The van der Waals surface area contributed by atoms with Crippen molar-refractivity contribution in [2.45, 2.75) is 290 Å². The van der Waals surface area contributed by atoms with Crippen molar-refractivity contribution in [1.82, 2.24) is 0 Å². The summed E-state index contributed by atoms with van der Waals surface area (Å²) in [5.74, 6) is 0.959. The van der Waals surface area contributed by atoms with Crippen molar-refractivity contribution in [2.75, 3.05) is 6.61 Å². The quantitative estimate of drug-likeness (QED) is 0.0354. The van der Waals surface area contributed by atoms with E-state index in [0.29, 0.717) is 13.0 Å². The van der Waals surface area contributed by atoms with Crippen molar-refractivity contribution < 1.29 is 9.53 Å². The Kier molecular flexibility index (Phi) is 45.7. The summed E-state index contributed by atoms with van der Waals surface area (Å²) in [5, 5.41) is 0. The lowest BCUT2D eigenvalue weighted by atomic mass is 9.99. The molecule has 0 aliphatic rings. The molecule has 52 heavy (non-hydrogen) atoms. The average molecular weight is 731 g/mol. The Bertz CT molecular complexity index is 684. The molecule has 1 unspecified atom stereocenters. The van der Waals surface area contributed by atoms with Gasteiger partial charge < -0.3 is 4.74 Å². The standard InChI is InChI=1S/C50H98O2/c1-4-6-7-8-9-10-11-12-25-29-32-35-38-41-44-47-50(51)52-48-45-42-39-36-33-30-27-24-22-20-18-16-14-13-15-17-19-21-23-26-28-31-34-37-40-43-46-49(3)5-2/h12,25,49H,4-11,13-24,26-48H2,1-3H3/b25-12-. The van der Waals surface area contributed by atoms with Crippen LogP contribution in [0.1, 0.15) is 290 Å². The van der Waals surface area contributed by atoms with Crippen molar-refractivity contribution in [3.05, 3.63) is 12.2 Å². The van der Waals surface area contributed by atoms with Crippen molar-refractivity contribution >= 4 is 5.97 Å². The Morgan fingerprint density at radius 2 is 0.712 bits per heavy atom. The molecule has 0 spiro atoms. The summed E-state index contributed by atoms with van der Waals surface area (Å²) < 4.78 is 5.48. The molecule has 0 N–H and O–H groups in total. The smallest absolute Gasteiger partial charge is 0.305 e. The van der Waals surface area contributed by atoms with Crippen molar-refractivity contribution in [2.24, 2.45) is 5.92 Å². The van der Waals surface area contributed by atoms with Gasteiger partial charge in [0.05, 0.1) is 6.61 Å². The highest BCUT2D eigenvalue weighted by Crippen LogP contribution is 2.18. The van der Waals surface area contributed by atoms with Gasteiger partial charge in [0.15, 0.2) is 0 Å². The highest BCUT2D eigenvalue weighted by molar-refractivity contribution is 5.69. The van der Waals surface area contributed by atoms with Crippen LogP contribution >= 0.6 is 0 Å². The predicted molar refractivity (Wildman–Crippen MR) is 235 cm³/mol. The molecule has 0 aromatic carbocycles. The first-order valence-electron chi connectivity index (χ1n) is 24.5. The van der Waals surface area contributed by atoms with Crippen molar-refractivity contribution in [1.29, 1.82) is 0 Å². The average Bonchev–Trinajstić information content (AvgIpc) is 3.15. The van der Waals surface area contributed by atoms with Gasteiger partial charge in [0.2, 0.25) is 0 Å². The highest BCUT2D eigenvalue weighted by Gasteiger charge is 2.03. The third-order valence-electron chi connectivity index (χ3n) is 11.7. The maximum absolute atomic E-state index is 12.0. The number of esters is 1. The van der Waals surface area contributed by atoms with E-state index in [-0.39, 0.29) is 5.97 Å². The van der Waals surface area contributed by atoms with Crippen LogP contribution in [-0.2, 0) is 9.53 Å². The van der Waals surface area contributed by atoms with Gasteiger partial charge in [-0.2, -0.15) is 0 Å². The van der Waals surface area contributed by atoms with Crippen LogP contribution in [0.2, 0.25) is 0 Å². The first kappa shape index (κ1) is 51.2. The molecule has 0 saturated heterocycles. The molecule has 0 fully saturated rings. The van der Waals surface area contributed by atoms with E-state index in [1.807, 2.05) is 0 Å². The fourth-order valence-corrected chi connectivity index (χ4v) is 7.64. The fourth-order valence-electron chi connectivity index (χ4n) is 7.64. The predicted octanol–water partition coefficient (Wildman–Crippen LogP) is 18.1. The number of carbonyl (C=O) groups is 1. The lowest BCUT2D eigenvalue weighted by molar-refractivity contribution is -0.143. The Labute approximate surface area is 329 Å². The zero-order chi connectivity index (χ0) is 37.7. The lowest BCUT2D eigenvalue weighted by Crippen LogP contribution is -2.05. The number of ether oxygens (including phenoxy) is 1. The molecule has 0 aliphatic carbocycles. The summed E-state index contributed by atoms with van der Waals surface area (Å²) in [6, 6.07) is 0. The molecule has 0 rings (SSSR count). The van der Waals surface area contributed by atoms with Gasteiger partial charge >= 0.3 is 5.97 Å². The molecule has 0 aliphatic heterocycles. The molecule has 0 amide bonds. The maximum Gasteiger partial charge on any atom is 0.305 e. The molecular formula is C50H98O2. The molecule has 1 atom stereocenters. The SMILES string of the molecule is CCCCCCCC/C=C\CCCCCCCC(=O)OCCCCCCCCCCCCCCCCCCCCCCCCCCCCC(C)CC. The van der Waals surface area contributed by atoms with Crippen LogP contribution < -0.4 is 0 Å². The van der Waals surface area contributed by atoms with E-state index >= 15 is 0 Å². The second-order valence-corrected chi connectivity index (χ2v) is 17.0. The van der Waals surface area contributed by atoms with Gasteiger partial charge in [-0.25, -0.2) is 0 Å². The van der Waals surface area contributed by atoms with Gasteiger partial charge in [0, 0.05) is 6.42 Å². The van der Waals surface area contributed by atoms with Crippen LogP contribution in [0, 0.1) is 5.92 Å². The maximum atomic E-state index is 12.0. The van der Waals surface area contributed by atoms with E-state index in [4.69, 9.17) is 4.74 Å². The molecule has 0 saturated carbocycles. The largest absolute Gasteiger partial charge is 0.466 e. The van der Waals surface area contributed by atoms with E-state index in [2.05, 4.69) is 32.9 Å². The van der Waals surface area contributed by atoms with Crippen LogP contribution in [0.3, 0.4) is 0 Å². The second kappa shape index (κ2) is 46.4. The molecule has 0 aromatic rings. The van der Waals surface area contributed by atoms with E-state index in [9.17, 15) is 4.79 Å². The first-order chi connectivity index (χ1) is 25.7. The minimum Gasteiger partial charge on any atom is -0.466 e. The van der Waals surface area contributed by atoms with Crippen LogP contribution in [0.25, 0.3) is 0 Å². The molecule has 2 heteroatoms. The Morgan fingerprint density at radius 3 is 1.08 bits per heavy atom. The summed E-state index contributed by atoms with van der Waals surface area (Å²) in [6.07, 6.45) is 61.9. The van der Waals surface area contributed by atoms with Crippen molar-refractivity contribution in [3.8, 4) is 0 Å². The lowest BCUT2D eigenvalue weighted by Gasteiger charge is -2.07. The van der Waals surface area contributed by atoms with Gasteiger partial charge in [0.1, 0.15) is 0 Å². The molecule has 0 radical (unpaired) electrons. The van der Waals surface area contributed by atoms with Crippen LogP contribution in [0.15, 0.2) is 12.2 Å². The number of rotatable bonds is 45. The van der Waals surface area contributed by atoms with Crippen LogP contribution in [0.5, 0.6) is 0 Å². The topological polar surface area (TPSA) is 26.3 Å². The summed E-state index contributed by atoms with van der Waals surface area (Å²) in [5.41, 5.74) is 0. The molecular weight excluding hydrogens is 633 g/mol. The molecule has 0 bridgehead atoms. The molecule has 0 heterocycles. The number of hydrogen-bond donors (Lipinski definition) is 0. The van der Waals surface area contributed by atoms with Gasteiger partial charge in [0.25, 0.3) is 0 Å². The fraction of sp³-hybridized carbons (Fsp3) is 0.940. The number of hydrogen-bond acceptors (Lipinski definition) is 2. The van der Waals surface area contributed by atoms with Gasteiger partial charge in [-0.1, -0.05) is 258 Å². The molecule has 2 nitrogen and oxygen atoms in total. The zero-order valence-corrected chi connectivity index (χ0v) is 36.5. The minimum atomic E-state index is 0.0210. The third kappa shape index (κ3) is 45.4. The second-order valence-electron chi connectivity index (χ2n) is 17.0. The first-order valence-corrected chi connectivity index (χ1v) is 24.5. The van der Waals surface area contributed by atoms with E-state index < -0.39 is 0 Å². The molecule has 0 aromatic heterocycles. The Balaban J connectivity index is 3.16. The monoisotopic (exact) mass is 731 g/mol. The third-order valence-corrected chi connectivity index (χ3v) is 11.7. The van der Waals surface area contributed by atoms with E-state index in [0.717, 1.165) is 25.2 Å². The minimum absolute atomic E-state index is 0.0210. The Hall–Kier alpha value is -0.790. The number of unbranched alkanes of at least 4 members (excludes halogenated alkanes) is 36. The summed E-state index contributed by atoms with van der Waals surface area (Å²) >= 11 is 0. The van der Waals surface area contributed by atoms with Gasteiger partial charge in [-0.15, -0.1) is 0 Å². The van der Waals surface area contributed by atoms with Crippen LogP contribution in [0.4, 0.5) is 0 Å². The normalized spacial score (nSPS) is 12.3. The number of allylic oxidation sites excluding steroid dienone is 2. The van der Waals surface area contributed by atoms with Gasteiger partial charge in [-0.3, -0.25) is 4.79 Å². The van der Waals surface area contributed by atoms with Gasteiger partial charge in [-0.05, 0) is 44.4 Å². The van der Waals surface area contributed by atoms with Crippen LogP contribution in [-0.4, -0.2) is 12.6 Å². The molecule has 310 valence electrons. The van der Waals surface area contributed by atoms with Crippen molar-refractivity contribution in [3.63, 3.8) is 0 Å². The summed E-state index contributed by atoms with van der Waals surface area (Å²) in [4.78, 5) is 12.0. The number of carbonyl (C=O) groups excluding carboxylic acids is 1. The summed E-state index contributed by atoms with van der Waals surface area (Å²) in [7, 11) is 0. The Morgan fingerprint density at radius 1 is 0.404 bits per heavy atom. The van der Waals surface area contributed by atoms with E-state index in [1.54, 1.807) is 0 Å². The zero-order valence-electron chi connectivity index (χ0n) is 36.5. The highest BCUT2D eigenvalue weighted by atomic mass is 16.5.